The first kappa shape index (κ1) is 7.00. The highest BCUT2D eigenvalue weighted by Crippen LogP contribution is 1.96. The molecule has 0 aliphatic heterocycles. The molecule has 1 rings (SSSR count). The van der Waals surface area contributed by atoms with Crippen molar-refractivity contribution in [3.05, 3.63) is 49.2 Å². The second-order valence-electron chi connectivity index (χ2n) is 2.04. The lowest BCUT2D eigenvalue weighted by molar-refractivity contribution is 1.19. The minimum atomic E-state index is 0.928. The Hall–Kier alpha value is -1.11. The molecular weight excluding hydrogens is 122 g/mol. The molecule has 1 radical (unpaired) electrons. The van der Waals surface area contributed by atoms with Crippen LogP contribution in [0.2, 0.25) is 0 Å². The summed E-state index contributed by atoms with van der Waals surface area (Å²) < 4.78 is 0. The maximum absolute atomic E-state index is 3.98. The zero-order valence-corrected chi connectivity index (χ0v) is 5.83. The molecule has 1 heterocycles. The summed E-state index contributed by atoms with van der Waals surface area (Å²) in [5.74, 6) is 0. The topological polar surface area (TPSA) is 12.9 Å². The van der Waals surface area contributed by atoms with Crippen LogP contribution in [0.3, 0.4) is 0 Å². The van der Waals surface area contributed by atoms with Crippen LogP contribution in [0.4, 0.5) is 0 Å². The lowest BCUT2D eigenvalue weighted by Crippen LogP contribution is -1.80. The molecule has 1 aromatic rings. The van der Waals surface area contributed by atoms with Gasteiger partial charge in [0.25, 0.3) is 0 Å². The average Bonchev–Trinajstić information content (AvgIpc) is 2.03. The molecule has 1 aromatic heterocycles. The van der Waals surface area contributed by atoms with Crippen LogP contribution in [0, 0.1) is 6.92 Å². The predicted octanol–water partition coefficient (Wildman–Crippen LogP) is 2.01. The van der Waals surface area contributed by atoms with Gasteiger partial charge < -0.3 is 0 Å². The smallest absolute Gasteiger partial charge is 0.0303 e. The van der Waals surface area contributed by atoms with Gasteiger partial charge in [-0.15, -0.1) is 0 Å². The Labute approximate surface area is 61.4 Å². The van der Waals surface area contributed by atoms with E-state index in [4.69, 9.17) is 0 Å². The number of pyridine rings is 1. The Balaban J connectivity index is 2.59. The third-order valence-corrected chi connectivity index (χ3v) is 1.24. The molecule has 0 atom stereocenters. The van der Waals surface area contributed by atoms with Crippen molar-refractivity contribution in [1.82, 2.24) is 4.98 Å². The van der Waals surface area contributed by atoms with Gasteiger partial charge in [-0.1, -0.05) is 18.2 Å². The highest BCUT2D eigenvalue weighted by Gasteiger charge is 1.84. The van der Waals surface area contributed by atoms with E-state index in [0.717, 1.165) is 6.42 Å². The van der Waals surface area contributed by atoms with Gasteiger partial charge in [0.15, 0.2) is 0 Å². The van der Waals surface area contributed by atoms with Gasteiger partial charge in [0, 0.05) is 12.4 Å². The molecule has 0 spiro atoms. The fraction of sp³-hybridized carbons (Fsp3) is 0.111. The molecule has 0 fully saturated rings. The van der Waals surface area contributed by atoms with Gasteiger partial charge in [0.05, 0.1) is 0 Å². The first-order valence-electron chi connectivity index (χ1n) is 3.26. The van der Waals surface area contributed by atoms with Crippen molar-refractivity contribution in [2.24, 2.45) is 0 Å². The number of nitrogens with zero attached hydrogens (tertiary/aromatic N) is 1. The summed E-state index contributed by atoms with van der Waals surface area (Å²) in [5, 5.41) is 0. The second kappa shape index (κ2) is 3.83. The number of aromatic nitrogens is 1. The highest BCUT2D eigenvalue weighted by molar-refractivity contribution is 5.12. The van der Waals surface area contributed by atoms with Crippen molar-refractivity contribution in [3.63, 3.8) is 0 Å². The largest absolute Gasteiger partial charge is 0.264 e. The number of rotatable bonds is 2. The molecule has 0 unspecified atom stereocenters. The zero-order chi connectivity index (χ0) is 7.23. The second-order valence-corrected chi connectivity index (χ2v) is 2.04. The molecule has 0 saturated heterocycles. The molecule has 51 valence electrons. The van der Waals surface area contributed by atoms with Crippen molar-refractivity contribution in [1.29, 1.82) is 0 Å². The fourth-order valence-corrected chi connectivity index (χ4v) is 0.738. The molecule has 1 heteroatoms. The molecule has 0 aliphatic rings. The maximum Gasteiger partial charge on any atom is 0.0303 e. The number of allylic oxidation sites excluding steroid dienone is 2. The van der Waals surface area contributed by atoms with Gasteiger partial charge in [-0.2, -0.15) is 0 Å². The van der Waals surface area contributed by atoms with E-state index in [0.29, 0.717) is 0 Å². The van der Waals surface area contributed by atoms with Gasteiger partial charge in [0.1, 0.15) is 0 Å². The summed E-state index contributed by atoms with van der Waals surface area (Å²) in [6.45, 7) is 3.60. The zero-order valence-electron chi connectivity index (χ0n) is 5.83. The van der Waals surface area contributed by atoms with Gasteiger partial charge in [-0.3, -0.25) is 4.98 Å². The standard InChI is InChI=1S/C9H10N/c1-2-3-5-9-6-4-7-10-8-9/h2-4,6-8H,1,5H2. The monoisotopic (exact) mass is 132 g/mol. The Kier molecular flexibility index (Phi) is 2.68. The first-order valence-corrected chi connectivity index (χ1v) is 3.26. The van der Waals surface area contributed by atoms with Crippen molar-refractivity contribution >= 4 is 0 Å². The van der Waals surface area contributed by atoms with E-state index >= 15 is 0 Å². The quantitative estimate of drug-likeness (QED) is 0.600. The first-order chi connectivity index (χ1) is 4.93. The van der Waals surface area contributed by atoms with Gasteiger partial charge in [-0.25, -0.2) is 0 Å². The van der Waals surface area contributed by atoms with Gasteiger partial charge >= 0.3 is 0 Å². The molecular formula is C9H10N. The Bertz CT molecular complexity index is 201. The van der Waals surface area contributed by atoms with Crippen LogP contribution in [0.5, 0.6) is 0 Å². The average molecular weight is 132 g/mol. The van der Waals surface area contributed by atoms with Crippen LogP contribution in [0.25, 0.3) is 0 Å². The Morgan fingerprint density at radius 3 is 3.10 bits per heavy atom. The third kappa shape index (κ3) is 2.02. The molecule has 0 N–H and O–H groups in total. The lowest BCUT2D eigenvalue weighted by Gasteiger charge is -1.91. The fourth-order valence-electron chi connectivity index (χ4n) is 0.738. The number of hydrogen-bond donors (Lipinski definition) is 0. The maximum atomic E-state index is 3.98. The molecule has 0 aliphatic carbocycles. The Morgan fingerprint density at radius 2 is 2.50 bits per heavy atom. The number of hydrogen-bond acceptors (Lipinski definition) is 1. The van der Waals surface area contributed by atoms with Crippen molar-refractivity contribution < 1.29 is 0 Å². The molecule has 1 nitrogen and oxygen atoms in total. The third-order valence-electron chi connectivity index (χ3n) is 1.24. The van der Waals surface area contributed by atoms with E-state index < -0.39 is 0 Å². The van der Waals surface area contributed by atoms with Crippen molar-refractivity contribution in [2.75, 3.05) is 0 Å². The summed E-state index contributed by atoms with van der Waals surface area (Å²) in [7, 11) is 0. The molecule has 10 heavy (non-hydrogen) atoms. The van der Waals surface area contributed by atoms with E-state index in [-0.39, 0.29) is 0 Å². The summed E-state index contributed by atoms with van der Waals surface area (Å²) in [6, 6.07) is 3.99. The van der Waals surface area contributed by atoms with E-state index in [2.05, 4.69) is 11.9 Å². The minimum Gasteiger partial charge on any atom is -0.264 e. The van der Waals surface area contributed by atoms with Crippen LogP contribution in [0.15, 0.2) is 36.7 Å². The summed E-state index contributed by atoms with van der Waals surface area (Å²) >= 11 is 0. The van der Waals surface area contributed by atoms with Crippen LogP contribution in [0.1, 0.15) is 5.56 Å². The molecule has 0 saturated carbocycles. The minimum absolute atomic E-state index is 0.928. The summed E-state index contributed by atoms with van der Waals surface area (Å²) in [4.78, 5) is 3.98. The highest BCUT2D eigenvalue weighted by atomic mass is 14.6. The van der Waals surface area contributed by atoms with Crippen LogP contribution < -0.4 is 0 Å². The molecule has 0 aromatic carbocycles. The molecule has 0 bridgehead atoms. The Morgan fingerprint density at radius 1 is 1.60 bits per heavy atom. The summed E-state index contributed by atoms with van der Waals surface area (Å²) in [5.41, 5.74) is 1.22. The lowest BCUT2D eigenvalue weighted by atomic mass is 10.2. The summed E-state index contributed by atoms with van der Waals surface area (Å²) in [6.07, 6.45) is 8.37. The SMILES string of the molecule is [CH2]C=CCc1cccnc1. The van der Waals surface area contributed by atoms with E-state index in [1.54, 1.807) is 12.3 Å². The van der Waals surface area contributed by atoms with E-state index in [1.165, 1.54) is 5.56 Å². The predicted molar refractivity (Wildman–Crippen MR) is 42.4 cm³/mol. The van der Waals surface area contributed by atoms with Crippen molar-refractivity contribution in [2.45, 2.75) is 6.42 Å². The van der Waals surface area contributed by atoms with Crippen molar-refractivity contribution in [3.8, 4) is 0 Å². The van der Waals surface area contributed by atoms with Gasteiger partial charge in [0.2, 0.25) is 0 Å². The van der Waals surface area contributed by atoms with Crippen LogP contribution in [-0.4, -0.2) is 4.98 Å². The van der Waals surface area contributed by atoms with Crippen LogP contribution >= 0.6 is 0 Å². The van der Waals surface area contributed by atoms with E-state index in [9.17, 15) is 0 Å². The van der Waals surface area contributed by atoms with Crippen LogP contribution in [-0.2, 0) is 6.42 Å². The molecule has 0 amide bonds. The van der Waals surface area contributed by atoms with Gasteiger partial charge in [-0.05, 0) is 25.0 Å². The normalized spacial score (nSPS) is 10.5. The van der Waals surface area contributed by atoms with E-state index in [1.807, 2.05) is 24.4 Å².